The average Bonchev–Trinajstić information content (AvgIpc) is 0.795. The normalized spacial score (nSPS) is 14.4. The Morgan fingerprint density at radius 1 is 0.692 bits per heavy atom. The largest absolute Gasteiger partial charge is 0.411 e. The Morgan fingerprint density at radius 3 is 1.75 bits per heavy atom. The first-order chi connectivity index (χ1) is 42.6. The lowest BCUT2D eigenvalue weighted by atomic mass is 9.94. The third kappa shape index (κ3) is 14.6. The van der Waals surface area contributed by atoms with Crippen LogP contribution in [-0.2, 0) is 34.2 Å². The van der Waals surface area contributed by atoms with E-state index in [1.807, 2.05) is 19.2 Å². The molecule has 4 atom stereocenters. The highest BCUT2D eigenvalue weighted by Crippen LogP contribution is 2.35. The average molecular weight is 1270 g/mol. The van der Waals surface area contributed by atoms with E-state index in [4.69, 9.17) is 4.74 Å². The second kappa shape index (κ2) is 27.6. The Labute approximate surface area is 514 Å². The van der Waals surface area contributed by atoms with Crippen LogP contribution < -0.4 is 26.4 Å². The Morgan fingerprint density at radius 2 is 1.23 bits per heavy atom. The van der Waals surface area contributed by atoms with Crippen molar-refractivity contribution in [2.75, 3.05) is 30.0 Å². The third-order valence-corrected chi connectivity index (χ3v) is 15.4. The molecule has 476 valence electrons. The first-order valence-electron chi connectivity index (χ1n) is 28.0. The van der Waals surface area contributed by atoms with E-state index in [0.29, 0.717) is 85.2 Å². The molecule has 1 aliphatic heterocycles. The Balaban J connectivity index is 0.000000232. The number of alkyl halides is 6. The molecule has 1 fully saturated rings. The van der Waals surface area contributed by atoms with E-state index in [1.54, 1.807) is 98.7 Å². The summed E-state index contributed by atoms with van der Waals surface area (Å²) >= 11 is 0. The van der Waals surface area contributed by atoms with Gasteiger partial charge >= 0.3 is 12.4 Å². The Hall–Kier alpha value is -9.72. The van der Waals surface area contributed by atoms with Gasteiger partial charge in [-0.2, -0.15) is 26.3 Å². The van der Waals surface area contributed by atoms with Crippen molar-refractivity contribution in [2.45, 2.75) is 97.8 Å². The van der Waals surface area contributed by atoms with E-state index in [0.717, 1.165) is 21.5 Å². The quantitative estimate of drug-likeness (QED) is 0.0772. The SMILES string of the molecule is C.CC(=O)[C@H](Cc1ccc(-c2ncc(C)c(C)n2)c2ncccc12)NC(=O)c1c(F)cc(N2CCOC[C@@H]2C(F)(F)F)cc1F.CC[C@@H](Nc1cc(F)c(C(=O)N[C@@H](Cc2ccc(-c3cc4cnccc4n(C)c3=O)c3ncccc23)C(C)=O)c(F)c1)C(F)(F)F. The highest BCUT2D eigenvalue weighted by molar-refractivity contribution is 6.01. The molecule has 0 radical (unpaired) electrons. The van der Waals surface area contributed by atoms with Crippen LogP contribution in [0.25, 0.3) is 55.2 Å². The molecule has 2 amide bonds. The highest BCUT2D eigenvalue weighted by atomic mass is 19.4. The lowest BCUT2D eigenvalue weighted by molar-refractivity contribution is -0.167. The first-order valence-corrected chi connectivity index (χ1v) is 28.0. The van der Waals surface area contributed by atoms with Gasteiger partial charge in [-0.15, -0.1) is 0 Å². The fourth-order valence-corrected chi connectivity index (χ4v) is 10.5. The van der Waals surface area contributed by atoms with Crippen molar-refractivity contribution in [1.29, 1.82) is 0 Å². The van der Waals surface area contributed by atoms with E-state index in [-0.39, 0.29) is 44.7 Å². The number of hydrogen-bond acceptors (Lipinski definition) is 13. The van der Waals surface area contributed by atoms with Crippen molar-refractivity contribution in [2.24, 2.45) is 7.05 Å². The van der Waals surface area contributed by atoms with Gasteiger partial charge in [0.05, 0.1) is 47.4 Å². The standard InChI is InChI=1S/C33H28F5N5O3.C31H28F5N5O3.CH4/c1-4-28(33(36,37)38)41-20-14-24(34)29(25(35)15-20)31(45)42-26(17(2)44)13-18-7-8-22(30-21(18)6-5-10-40-30)23-12-19-16-39-11-9-27(19)43(3)32(23)46;1-16-14-38-29(39-17(16)2)22-7-6-19(21-5-4-8-37-28(21)22)11-25(18(3)42)40-30(43)27-23(32)12-20(13-24(27)33)41-9-10-44-15-26(41)31(34,35)36;/h5-12,14-16,26,28,41H,4,13H2,1-3H3,(H,42,45);4-8,12-14,25-26H,9-11,15H2,1-3H3,(H,40,43);1H4/t26-,28+;25-,26+;/m00./s1. The van der Waals surface area contributed by atoms with Gasteiger partial charge in [-0.3, -0.25) is 38.9 Å². The molecule has 1 aliphatic rings. The summed E-state index contributed by atoms with van der Waals surface area (Å²) in [6, 6.07) is 13.2. The minimum absolute atomic E-state index is 0. The molecule has 3 N–H and O–H groups in total. The number of anilines is 2. The number of benzene rings is 4. The molecule has 0 aliphatic carbocycles. The first kappa shape index (κ1) is 67.2. The fourth-order valence-electron chi connectivity index (χ4n) is 10.5. The van der Waals surface area contributed by atoms with Crippen molar-refractivity contribution in [1.82, 2.24) is 40.1 Å². The predicted molar refractivity (Wildman–Crippen MR) is 322 cm³/mol. The zero-order chi connectivity index (χ0) is 65.1. The highest BCUT2D eigenvalue weighted by Gasteiger charge is 2.46. The number of nitrogens with one attached hydrogen (secondary N) is 3. The maximum atomic E-state index is 15.1. The number of Topliss-reactive ketones (excluding diaryl/α,β-unsaturated/α-hetero) is 2. The summed E-state index contributed by atoms with van der Waals surface area (Å²) in [5.41, 5.74) is 3.02. The number of carbonyl (C=O) groups excluding carboxylic acids is 4. The second-order valence-electron chi connectivity index (χ2n) is 21.4. The van der Waals surface area contributed by atoms with Crippen molar-refractivity contribution < 1.29 is 67.8 Å². The number of fused-ring (bicyclic) bond motifs is 3. The Bertz CT molecular complexity index is 4290. The molecular formula is C65H60F10N10O6. The van der Waals surface area contributed by atoms with Crippen molar-refractivity contribution in [3.8, 4) is 22.5 Å². The summed E-state index contributed by atoms with van der Waals surface area (Å²) in [5.74, 6) is -8.51. The summed E-state index contributed by atoms with van der Waals surface area (Å²) < 4.78 is 146. The molecule has 0 saturated carbocycles. The lowest BCUT2D eigenvalue weighted by Gasteiger charge is -2.38. The van der Waals surface area contributed by atoms with Gasteiger partial charge in [0, 0.05) is 102 Å². The third-order valence-electron chi connectivity index (χ3n) is 15.4. The predicted octanol–water partition coefficient (Wildman–Crippen LogP) is 12.0. The van der Waals surface area contributed by atoms with Crippen LogP contribution in [0.3, 0.4) is 0 Å². The number of morpholine rings is 1. The number of ether oxygens (including phenoxy) is 1. The number of aromatic nitrogens is 6. The second-order valence-corrected chi connectivity index (χ2v) is 21.4. The minimum atomic E-state index is -4.71. The summed E-state index contributed by atoms with van der Waals surface area (Å²) in [6.45, 7) is 6.44. The van der Waals surface area contributed by atoms with E-state index >= 15 is 8.78 Å². The number of rotatable bonds is 16. The lowest BCUT2D eigenvalue weighted by Crippen LogP contribution is -2.53. The number of hydrogen-bond donors (Lipinski definition) is 3. The maximum absolute atomic E-state index is 15.1. The molecule has 0 unspecified atom stereocenters. The molecule has 26 heteroatoms. The van der Waals surface area contributed by atoms with Crippen LogP contribution in [0.2, 0.25) is 0 Å². The zero-order valence-electron chi connectivity index (χ0n) is 48.9. The minimum Gasteiger partial charge on any atom is -0.377 e. The van der Waals surface area contributed by atoms with E-state index in [2.05, 4.69) is 35.6 Å². The number of aryl methyl sites for hydroxylation is 3. The molecule has 6 heterocycles. The van der Waals surface area contributed by atoms with Crippen LogP contribution in [0.5, 0.6) is 0 Å². The topological polar surface area (TPSA) is 203 Å². The van der Waals surface area contributed by atoms with E-state index in [1.165, 1.54) is 25.3 Å². The van der Waals surface area contributed by atoms with E-state index < -0.39 is 113 Å². The summed E-state index contributed by atoms with van der Waals surface area (Å²) in [5, 5.41) is 8.77. The summed E-state index contributed by atoms with van der Waals surface area (Å²) in [4.78, 5) is 87.6. The smallest absolute Gasteiger partial charge is 0.377 e. The van der Waals surface area contributed by atoms with Crippen LogP contribution in [0, 0.1) is 37.1 Å². The number of amides is 2. The van der Waals surface area contributed by atoms with Crippen LogP contribution in [0.1, 0.15) is 77.7 Å². The van der Waals surface area contributed by atoms with Gasteiger partial charge in [0.1, 0.15) is 46.5 Å². The maximum Gasteiger partial charge on any atom is 0.411 e. The molecule has 0 spiro atoms. The fraction of sp³-hybridized carbons (Fsp3) is 0.292. The molecular weight excluding hydrogens is 1210 g/mol. The number of ketones is 2. The molecule has 5 aromatic heterocycles. The molecule has 1 saturated heterocycles. The monoisotopic (exact) mass is 1270 g/mol. The van der Waals surface area contributed by atoms with Crippen LogP contribution in [0.15, 0.2) is 121 Å². The van der Waals surface area contributed by atoms with Crippen molar-refractivity contribution >= 4 is 67.5 Å². The van der Waals surface area contributed by atoms with Gasteiger partial charge in [0.25, 0.3) is 17.4 Å². The van der Waals surface area contributed by atoms with Gasteiger partial charge in [0.2, 0.25) is 0 Å². The summed E-state index contributed by atoms with van der Waals surface area (Å²) in [7, 11) is 1.65. The number of pyridine rings is 4. The van der Waals surface area contributed by atoms with Crippen molar-refractivity contribution in [3.05, 3.63) is 183 Å². The van der Waals surface area contributed by atoms with Gasteiger partial charge in [-0.1, -0.05) is 44.7 Å². The molecule has 16 nitrogen and oxygen atoms in total. The number of halogens is 10. The van der Waals surface area contributed by atoms with E-state index in [9.17, 15) is 59.1 Å². The number of carbonyl (C=O) groups is 4. The molecule has 10 rings (SSSR count). The summed E-state index contributed by atoms with van der Waals surface area (Å²) in [6.07, 6.45) is -1.78. The van der Waals surface area contributed by atoms with Gasteiger partial charge in [-0.05, 0) is 105 Å². The van der Waals surface area contributed by atoms with Gasteiger partial charge in [0.15, 0.2) is 17.4 Å². The van der Waals surface area contributed by atoms with Gasteiger partial charge in [-0.25, -0.2) is 27.5 Å². The number of nitrogens with zero attached hydrogens (tertiary/aromatic N) is 7. The molecule has 9 aromatic rings. The van der Waals surface area contributed by atoms with Gasteiger partial charge < -0.3 is 30.2 Å². The molecule has 4 aromatic carbocycles. The zero-order valence-corrected chi connectivity index (χ0v) is 48.9. The molecule has 0 bridgehead atoms. The molecule has 91 heavy (non-hydrogen) atoms. The van der Waals surface area contributed by atoms with Crippen LogP contribution in [-0.4, -0.2) is 109 Å². The Kier molecular flexibility index (Phi) is 20.4. The van der Waals surface area contributed by atoms with Crippen LogP contribution in [0.4, 0.5) is 55.3 Å². The van der Waals surface area contributed by atoms with Crippen LogP contribution >= 0.6 is 0 Å². The van der Waals surface area contributed by atoms with Crippen molar-refractivity contribution in [3.63, 3.8) is 0 Å².